The van der Waals surface area contributed by atoms with Crippen molar-refractivity contribution in [3.05, 3.63) is 60.2 Å². The highest BCUT2D eigenvalue weighted by Gasteiger charge is 2.47. The molecule has 0 unspecified atom stereocenters. The van der Waals surface area contributed by atoms with E-state index in [0.29, 0.717) is 34.9 Å². The number of pyridine rings is 1. The summed E-state index contributed by atoms with van der Waals surface area (Å²) in [5, 5.41) is 26.9. The van der Waals surface area contributed by atoms with Crippen LogP contribution in [0.4, 0.5) is 5.82 Å². The van der Waals surface area contributed by atoms with Crippen molar-refractivity contribution in [2.45, 2.75) is 38.0 Å². The van der Waals surface area contributed by atoms with Crippen molar-refractivity contribution in [2.24, 2.45) is 0 Å². The Balaban J connectivity index is 1.57. The molecule has 12 nitrogen and oxygen atoms in total. The number of hydrogen-bond acceptors (Lipinski definition) is 10. The van der Waals surface area contributed by atoms with Crippen LogP contribution in [0.3, 0.4) is 0 Å². The lowest BCUT2D eigenvalue weighted by Gasteiger charge is -2.17. The number of nitrogens with zero attached hydrogens (tertiary/aromatic N) is 5. The Morgan fingerprint density at radius 3 is 2.78 bits per heavy atom. The zero-order valence-corrected chi connectivity index (χ0v) is 20.5. The van der Waals surface area contributed by atoms with Gasteiger partial charge in [-0.15, -0.1) is 0 Å². The van der Waals surface area contributed by atoms with Gasteiger partial charge in [-0.1, -0.05) is 12.1 Å². The van der Waals surface area contributed by atoms with Crippen LogP contribution in [-0.2, 0) is 16.1 Å². The zero-order valence-electron chi connectivity index (χ0n) is 20.5. The van der Waals surface area contributed by atoms with E-state index in [9.17, 15) is 15.0 Å². The maximum atomic E-state index is 12.2. The number of benzene rings is 1. The maximum Gasteiger partial charge on any atom is 0.251 e. The molecule has 1 aliphatic rings. The number of rotatable bonds is 7. The maximum absolute atomic E-state index is 12.2. The fourth-order valence-electron chi connectivity index (χ4n) is 4.25. The lowest BCUT2D eigenvalue weighted by molar-refractivity contribution is -0.137. The van der Waals surface area contributed by atoms with Crippen molar-refractivity contribution in [1.82, 2.24) is 29.8 Å². The van der Waals surface area contributed by atoms with E-state index in [0.717, 1.165) is 16.9 Å². The molecule has 4 aromatic rings. The molecule has 1 amide bonds. The Morgan fingerprint density at radius 2 is 2.03 bits per heavy atom. The summed E-state index contributed by atoms with van der Waals surface area (Å²) >= 11 is 0. The number of carbonyl (C=O) groups excluding carboxylic acids is 1. The van der Waals surface area contributed by atoms with Gasteiger partial charge in [0.2, 0.25) is 0 Å². The van der Waals surface area contributed by atoms with Crippen molar-refractivity contribution in [1.29, 1.82) is 0 Å². The van der Waals surface area contributed by atoms with Crippen molar-refractivity contribution in [3.8, 4) is 17.1 Å². The molecular weight excluding hydrogens is 478 g/mol. The largest absolute Gasteiger partial charge is 0.497 e. The van der Waals surface area contributed by atoms with Gasteiger partial charge < -0.3 is 30.3 Å². The summed E-state index contributed by atoms with van der Waals surface area (Å²) in [5.41, 5.74) is 3.38. The topological polar surface area (TPSA) is 157 Å². The number of hydrogen-bond donors (Lipinski definition) is 4. The monoisotopic (exact) mass is 505 g/mol. The molecule has 0 aliphatic carbocycles. The number of aliphatic hydroxyl groups excluding tert-OH is 2. The Bertz CT molecular complexity index is 1440. The summed E-state index contributed by atoms with van der Waals surface area (Å²) in [6, 6.07) is 9.55. The van der Waals surface area contributed by atoms with Crippen molar-refractivity contribution in [2.75, 3.05) is 19.5 Å². The summed E-state index contributed by atoms with van der Waals surface area (Å²) in [7, 11) is 3.04. The first-order valence-corrected chi connectivity index (χ1v) is 11.7. The molecule has 1 saturated heterocycles. The highest BCUT2D eigenvalue weighted by molar-refractivity contribution is 5.85. The van der Waals surface area contributed by atoms with E-state index >= 15 is 0 Å². The quantitative estimate of drug-likeness (QED) is 0.288. The average Bonchev–Trinajstić information content (AvgIpc) is 3.47. The molecule has 4 N–H and O–H groups in total. The van der Waals surface area contributed by atoms with Gasteiger partial charge in [0.15, 0.2) is 35.1 Å². The number of ether oxygens (including phenoxy) is 2. The van der Waals surface area contributed by atoms with Crippen LogP contribution < -0.4 is 15.4 Å². The van der Waals surface area contributed by atoms with E-state index in [2.05, 4.69) is 20.6 Å². The van der Waals surface area contributed by atoms with Crippen LogP contribution in [-0.4, -0.2) is 73.1 Å². The average molecular weight is 506 g/mol. The Hall–Kier alpha value is -4.13. The highest BCUT2D eigenvalue weighted by Crippen LogP contribution is 2.33. The summed E-state index contributed by atoms with van der Waals surface area (Å²) in [6.45, 7) is 2.35. The third-order valence-corrected chi connectivity index (χ3v) is 6.17. The molecular formula is C25H27N7O5. The number of nitrogens with one attached hydrogen (secondary N) is 2. The molecule has 4 heterocycles. The number of amides is 1. The second-order valence-electron chi connectivity index (χ2n) is 8.72. The van der Waals surface area contributed by atoms with Crippen molar-refractivity contribution in [3.63, 3.8) is 0 Å². The molecule has 0 spiro atoms. The van der Waals surface area contributed by atoms with Crippen LogP contribution >= 0.6 is 0 Å². The number of likely N-dealkylation sites (N-methyl/N-ethyl adjacent to an activating group) is 1. The first-order valence-electron chi connectivity index (χ1n) is 11.7. The molecule has 192 valence electrons. The minimum atomic E-state index is -1.42. The molecule has 37 heavy (non-hydrogen) atoms. The molecule has 1 aliphatic heterocycles. The van der Waals surface area contributed by atoms with Gasteiger partial charge in [0, 0.05) is 31.5 Å². The normalized spacial score (nSPS) is 21.2. The van der Waals surface area contributed by atoms with Crippen LogP contribution in [0.25, 0.3) is 22.6 Å². The fraction of sp³-hybridized carbons (Fsp3) is 0.320. The number of anilines is 1. The van der Waals surface area contributed by atoms with Gasteiger partial charge in [0.25, 0.3) is 5.91 Å². The van der Waals surface area contributed by atoms with Crippen molar-refractivity contribution < 1.29 is 24.5 Å². The summed E-state index contributed by atoms with van der Waals surface area (Å²) in [6.07, 6.45) is -0.296. The lowest BCUT2D eigenvalue weighted by Crippen LogP contribution is -2.41. The SMILES string of the molecule is CNC(=O)[C@H]1O[C@H](n2cnc3c(NCc4cccc(OC)c4)nc(-c4cncc(C)c4)nc32)[C@H](O)[C@@H]1O. The van der Waals surface area contributed by atoms with Crippen LogP contribution in [0.2, 0.25) is 0 Å². The van der Waals surface area contributed by atoms with Gasteiger partial charge in [-0.3, -0.25) is 14.3 Å². The molecule has 3 aromatic heterocycles. The van der Waals surface area contributed by atoms with Crippen LogP contribution in [0, 0.1) is 6.92 Å². The second-order valence-corrected chi connectivity index (χ2v) is 8.72. The lowest BCUT2D eigenvalue weighted by atomic mass is 10.1. The molecule has 0 bridgehead atoms. The van der Waals surface area contributed by atoms with Crippen molar-refractivity contribution >= 4 is 22.9 Å². The van der Waals surface area contributed by atoms with E-state index in [4.69, 9.17) is 19.4 Å². The van der Waals surface area contributed by atoms with Gasteiger partial charge >= 0.3 is 0 Å². The molecule has 12 heteroatoms. The summed E-state index contributed by atoms with van der Waals surface area (Å²) < 4.78 is 12.6. The Labute approximate surface area is 212 Å². The third-order valence-electron chi connectivity index (χ3n) is 6.17. The second kappa shape index (κ2) is 10.1. The molecule has 1 aromatic carbocycles. The van der Waals surface area contributed by atoms with Gasteiger partial charge in [-0.2, -0.15) is 0 Å². The summed E-state index contributed by atoms with van der Waals surface area (Å²) in [5.74, 6) is 1.04. The molecule has 0 saturated carbocycles. The number of methoxy groups -OCH3 is 1. The standard InChI is InChI=1S/C25H27N7O5/c1-13-7-15(11-27-9-13)21-30-22(28-10-14-5-4-6-16(8-14)36-3)17-23(31-21)32(12-29-17)25-19(34)18(33)20(37-25)24(35)26-2/h4-9,11-12,18-20,25,33-34H,10H2,1-3H3,(H,26,35)(H,28,30,31)/t18-,19+,20-,25-/m0/s1. The Kier molecular flexibility index (Phi) is 6.70. The number of aromatic nitrogens is 5. The fourth-order valence-corrected chi connectivity index (χ4v) is 4.25. The summed E-state index contributed by atoms with van der Waals surface area (Å²) in [4.78, 5) is 30.3. The minimum Gasteiger partial charge on any atom is -0.497 e. The smallest absolute Gasteiger partial charge is 0.251 e. The van der Waals surface area contributed by atoms with Crippen LogP contribution in [0.1, 0.15) is 17.4 Å². The molecule has 5 rings (SSSR count). The van der Waals surface area contributed by atoms with Gasteiger partial charge in [0.1, 0.15) is 18.0 Å². The first-order chi connectivity index (χ1) is 17.9. The third kappa shape index (κ3) is 4.69. The molecule has 0 radical (unpaired) electrons. The predicted octanol–water partition coefficient (Wildman–Crippen LogP) is 1.18. The van der Waals surface area contributed by atoms with E-state index in [-0.39, 0.29) is 0 Å². The highest BCUT2D eigenvalue weighted by atomic mass is 16.6. The number of imidazole rings is 1. The van der Waals surface area contributed by atoms with Crippen LogP contribution in [0.5, 0.6) is 5.75 Å². The number of fused-ring (bicyclic) bond motifs is 1. The number of aliphatic hydroxyl groups is 2. The first kappa shape index (κ1) is 24.6. The van der Waals surface area contributed by atoms with E-state index in [1.807, 2.05) is 37.3 Å². The molecule has 4 atom stereocenters. The van der Waals surface area contributed by atoms with Crippen LogP contribution in [0.15, 0.2) is 49.1 Å². The Morgan fingerprint density at radius 1 is 1.19 bits per heavy atom. The van der Waals surface area contributed by atoms with E-state index in [1.165, 1.54) is 17.9 Å². The van der Waals surface area contributed by atoms with E-state index < -0.39 is 30.4 Å². The predicted molar refractivity (Wildman–Crippen MR) is 134 cm³/mol. The zero-order chi connectivity index (χ0) is 26.1. The number of carbonyl (C=O) groups is 1. The minimum absolute atomic E-state index is 0.355. The van der Waals surface area contributed by atoms with Gasteiger partial charge in [0.05, 0.1) is 13.4 Å². The van der Waals surface area contributed by atoms with E-state index in [1.54, 1.807) is 19.5 Å². The molecule has 1 fully saturated rings. The number of aryl methyl sites for hydroxylation is 1. The van der Waals surface area contributed by atoms with Gasteiger partial charge in [-0.25, -0.2) is 15.0 Å². The van der Waals surface area contributed by atoms with Gasteiger partial charge in [-0.05, 0) is 36.2 Å².